The molecular formula is C19H29N5O2. The smallest absolute Gasteiger partial charge is 0.317 e. The summed E-state index contributed by atoms with van der Waals surface area (Å²) in [6.45, 7) is 6.96. The van der Waals surface area contributed by atoms with Gasteiger partial charge in [0.15, 0.2) is 5.82 Å². The molecule has 26 heavy (non-hydrogen) atoms. The van der Waals surface area contributed by atoms with E-state index in [1.54, 1.807) is 6.20 Å². The van der Waals surface area contributed by atoms with Gasteiger partial charge in [0.25, 0.3) is 0 Å². The van der Waals surface area contributed by atoms with Crippen LogP contribution in [0.3, 0.4) is 0 Å². The van der Waals surface area contributed by atoms with Gasteiger partial charge in [0.1, 0.15) is 0 Å². The fraction of sp³-hybridized carbons (Fsp3) is 0.737. The summed E-state index contributed by atoms with van der Waals surface area (Å²) in [4.78, 5) is 17.0. The Morgan fingerprint density at radius 2 is 2.27 bits per heavy atom. The van der Waals surface area contributed by atoms with E-state index in [0.717, 1.165) is 44.8 Å². The molecular weight excluding hydrogens is 330 g/mol. The van der Waals surface area contributed by atoms with Crippen LogP contribution in [0.25, 0.3) is 0 Å². The Bertz CT molecular complexity index is 653. The van der Waals surface area contributed by atoms with Crippen molar-refractivity contribution in [3.63, 3.8) is 0 Å². The minimum absolute atomic E-state index is 0.00982. The van der Waals surface area contributed by atoms with E-state index in [-0.39, 0.29) is 23.5 Å². The van der Waals surface area contributed by atoms with Gasteiger partial charge in [-0.15, -0.1) is 5.10 Å². The number of carbonyl (C=O) groups excluding carboxylic acids is 1. The second-order valence-corrected chi connectivity index (χ2v) is 8.43. The molecule has 0 radical (unpaired) electrons. The number of fused-ring (bicyclic) bond motifs is 1. The first-order valence-electron chi connectivity index (χ1n) is 9.66. The van der Waals surface area contributed by atoms with Gasteiger partial charge in [-0.25, -0.2) is 4.79 Å². The van der Waals surface area contributed by atoms with E-state index in [1.807, 2.05) is 24.1 Å². The maximum atomic E-state index is 12.9. The van der Waals surface area contributed by atoms with Crippen molar-refractivity contribution in [3.8, 4) is 0 Å². The molecule has 4 rings (SSSR count). The van der Waals surface area contributed by atoms with Crippen LogP contribution in [0.5, 0.6) is 0 Å². The molecule has 0 spiro atoms. The number of carbonyl (C=O) groups is 1. The number of nitrogens with one attached hydrogen (secondary N) is 1. The Kier molecular flexibility index (Phi) is 4.50. The molecule has 1 aromatic rings. The molecule has 3 heterocycles. The Labute approximate surface area is 155 Å². The maximum Gasteiger partial charge on any atom is 0.317 e. The van der Waals surface area contributed by atoms with Crippen LogP contribution >= 0.6 is 0 Å². The minimum atomic E-state index is 0.00982. The van der Waals surface area contributed by atoms with Gasteiger partial charge in [-0.05, 0) is 31.4 Å². The molecule has 2 saturated heterocycles. The molecule has 0 unspecified atom stereocenters. The van der Waals surface area contributed by atoms with Crippen LogP contribution in [0, 0.1) is 11.3 Å². The van der Waals surface area contributed by atoms with Crippen LogP contribution < -0.4 is 10.2 Å². The zero-order chi connectivity index (χ0) is 18.3. The minimum Gasteiger partial charge on any atom is -0.377 e. The number of anilines is 1. The fourth-order valence-corrected chi connectivity index (χ4v) is 4.96. The van der Waals surface area contributed by atoms with Gasteiger partial charge in [0.05, 0.1) is 12.1 Å². The number of rotatable bonds is 3. The van der Waals surface area contributed by atoms with Gasteiger partial charge in [0, 0.05) is 50.3 Å². The van der Waals surface area contributed by atoms with Crippen LogP contribution in [-0.2, 0) is 4.74 Å². The number of aromatic nitrogens is 2. The second kappa shape index (κ2) is 6.68. The molecule has 4 atom stereocenters. The van der Waals surface area contributed by atoms with Crippen molar-refractivity contribution in [2.75, 3.05) is 31.6 Å². The highest BCUT2D eigenvalue weighted by atomic mass is 16.5. The summed E-state index contributed by atoms with van der Waals surface area (Å²) in [5, 5.41) is 11.5. The summed E-state index contributed by atoms with van der Waals surface area (Å²) >= 11 is 0. The van der Waals surface area contributed by atoms with E-state index < -0.39 is 0 Å². The SMILES string of the molecule is CN(C(=O)N[C@@H]1[C@@H]2CCO[C@H]2C1(C)C)[C@@H]1CCCN(c2cccnn2)C1. The first-order chi connectivity index (χ1) is 12.5. The topological polar surface area (TPSA) is 70.6 Å². The highest BCUT2D eigenvalue weighted by Crippen LogP contribution is 2.52. The molecule has 7 nitrogen and oxygen atoms in total. The van der Waals surface area contributed by atoms with Crippen LogP contribution in [0.2, 0.25) is 0 Å². The highest BCUT2D eigenvalue weighted by Gasteiger charge is 2.60. The standard InChI is InChI=1S/C19H29N5O2/c1-19(2)16(14-8-11-26-17(14)19)21-18(25)23(3)13-6-5-10-24(12-13)15-7-4-9-20-22-15/h4,7,9,13-14,16-17H,5-6,8,10-12H2,1-3H3,(H,21,25)/t13-,14+,16-,17-/m1/s1. The molecule has 3 fully saturated rings. The van der Waals surface area contributed by atoms with Gasteiger partial charge in [0.2, 0.25) is 0 Å². The zero-order valence-corrected chi connectivity index (χ0v) is 15.9. The van der Waals surface area contributed by atoms with Crippen molar-refractivity contribution in [1.29, 1.82) is 0 Å². The van der Waals surface area contributed by atoms with Crippen LogP contribution in [0.4, 0.5) is 10.6 Å². The third kappa shape index (κ3) is 2.92. The van der Waals surface area contributed by atoms with Crippen LogP contribution in [0.1, 0.15) is 33.1 Å². The number of urea groups is 1. The van der Waals surface area contributed by atoms with Crippen molar-refractivity contribution in [3.05, 3.63) is 18.3 Å². The van der Waals surface area contributed by atoms with E-state index in [2.05, 4.69) is 34.3 Å². The lowest BCUT2D eigenvalue weighted by Crippen LogP contribution is -2.68. The van der Waals surface area contributed by atoms with Gasteiger partial charge in [-0.1, -0.05) is 13.8 Å². The summed E-state index contributed by atoms with van der Waals surface area (Å²) in [6, 6.07) is 4.29. The van der Waals surface area contributed by atoms with E-state index in [0.29, 0.717) is 12.0 Å². The van der Waals surface area contributed by atoms with Crippen molar-refractivity contribution in [2.24, 2.45) is 11.3 Å². The Morgan fingerprint density at radius 3 is 3.04 bits per heavy atom. The molecule has 0 bridgehead atoms. The molecule has 2 amide bonds. The predicted molar refractivity (Wildman–Crippen MR) is 99.0 cm³/mol. The third-order valence-electron chi connectivity index (χ3n) is 6.53. The van der Waals surface area contributed by atoms with E-state index in [1.165, 1.54) is 0 Å². The molecule has 0 aromatic carbocycles. The molecule has 2 aliphatic heterocycles. The van der Waals surface area contributed by atoms with Crippen LogP contribution in [0.15, 0.2) is 18.3 Å². The summed E-state index contributed by atoms with van der Waals surface area (Å²) in [7, 11) is 1.91. The van der Waals surface area contributed by atoms with E-state index in [4.69, 9.17) is 4.74 Å². The number of hydrogen-bond donors (Lipinski definition) is 1. The van der Waals surface area contributed by atoms with Crippen LogP contribution in [-0.4, -0.2) is 66.1 Å². The number of likely N-dealkylation sites (N-methyl/N-ethyl adjacent to an activating group) is 1. The summed E-state index contributed by atoms with van der Waals surface area (Å²) < 4.78 is 5.83. The average Bonchev–Trinajstić information content (AvgIpc) is 3.13. The van der Waals surface area contributed by atoms with Crippen molar-refractivity contribution in [2.45, 2.75) is 51.3 Å². The number of piperidine rings is 1. The van der Waals surface area contributed by atoms with E-state index in [9.17, 15) is 4.79 Å². The molecule has 7 heteroatoms. The number of amides is 2. The Balaban J connectivity index is 1.37. The van der Waals surface area contributed by atoms with Gasteiger partial charge in [-0.2, -0.15) is 5.10 Å². The zero-order valence-electron chi connectivity index (χ0n) is 15.9. The fourth-order valence-electron chi connectivity index (χ4n) is 4.96. The lowest BCUT2D eigenvalue weighted by atomic mass is 9.57. The van der Waals surface area contributed by atoms with Gasteiger partial charge >= 0.3 is 6.03 Å². The molecule has 1 N–H and O–H groups in total. The lowest BCUT2D eigenvalue weighted by Gasteiger charge is -2.55. The largest absolute Gasteiger partial charge is 0.377 e. The lowest BCUT2D eigenvalue weighted by molar-refractivity contribution is -0.109. The maximum absolute atomic E-state index is 12.9. The van der Waals surface area contributed by atoms with Crippen molar-refractivity contribution < 1.29 is 9.53 Å². The quantitative estimate of drug-likeness (QED) is 0.893. The Hall–Kier alpha value is -1.89. The number of hydrogen-bond acceptors (Lipinski definition) is 5. The molecule has 1 aliphatic carbocycles. The van der Waals surface area contributed by atoms with Gasteiger partial charge in [-0.3, -0.25) is 0 Å². The molecule has 3 aliphatic rings. The van der Waals surface area contributed by atoms with Crippen molar-refractivity contribution >= 4 is 11.8 Å². The first-order valence-corrected chi connectivity index (χ1v) is 9.66. The summed E-state index contributed by atoms with van der Waals surface area (Å²) in [6.07, 6.45) is 5.09. The monoisotopic (exact) mass is 359 g/mol. The number of ether oxygens (including phenoxy) is 1. The molecule has 1 aromatic heterocycles. The normalized spacial score (nSPS) is 32.5. The first kappa shape index (κ1) is 17.5. The Morgan fingerprint density at radius 1 is 1.42 bits per heavy atom. The van der Waals surface area contributed by atoms with Gasteiger partial charge < -0.3 is 19.9 Å². The van der Waals surface area contributed by atoms with Crippen molar-refractivity contribution in [1.82, 2.24) is 20.4 Å². The predicted octanol–water partition coefficient (Wildman–Crippen LogP) is 1.90. The number of nitrogens with zero attached hydrogens (tertiary/aromatic N) is 4. The molecule has 142 valence electrons. The van der Waals surface area contributed by atoms with E-state index >= 15 is 0 Å². The molecule has 1 saturated carbocycles. The summed E-state index contributed by atoms with van der Waals surface area (Å²) in [5.41, 5.74) is 0.00982. The average molecular weight is 359 g/mol. The summed E-state index contributed by atoms with van der Waals surface area (Å²) in [5.74, 6) is 1.35. The second-order valence-electron chi connectivity index (χ2n) is 8.43. The third-order valence-corrected chi connectivity index (χ3v) is 6.53. The highest BCUT2D eigenvalue weighted by molar-refractivity contribution is 5.75.